The molecule has 1 N–H and O–H groups in total. The largest absolute Gasteiger partial charge is 0.381 e. The normalized spacial score (nSPS) is 22.1. The molecular weight excluding hydrogens is 244 g/mol. The van der Waals surface area contributed by atoms with Crippen LogP contribution >= 0.6 is 11.3 Å². The summed E-state index contributed by atoms with van der Waals surface area (Å²) in [6, 6.07) is 0.514. The van der Waals surface area contributed by atoms with Crippen molar-refractivity contribution in [1.82, 2.24) is 10.3 Å². The second-order valence-electron chi connectivity index (χ2n) is 5.09. The molecule has 0 saturated carbocycles. The van der Waals surface area contributed by atoms with Crippen LogP contribution in [0.2, 0.25) is 0 Å². The molecule has 4 heteroatoms. The molecule has 1 aliphatic heterocycles. The van der Waals surface area contributed by atoms with Gasteiger partial charge in [-0.15, -0.1) is 11.3 Å². The summed E-state index contributed by atoms with van der Waals surface area (Å²) in [5.41, 5.74) is 1.19. The van der Waals surface area contributed by atoms with Crippen LogP contribution < -0.4 is 5.32 Å². The Labute approximate surface area is 114 Å². The van der Waals surface area contributed by atoms with Gasteiger partial charge in [-0.3, -0.25) is 0 Å². The molecule has 2 rings (SSSR count). The minimum absolute atomic E-state index is 0.514. The van der Waals surface area contributed by atoms with Gasteiger partial charge in [0.2, 0.25) is 0 Å². The molecule has 18 heavy (non-hydrogen) atoms. The first kappa shape index (κ1) is 14.0. The Balaban J connectivity index is 2.00. The Morgan fingerprint density at radius 3 is 2.89 bits per heavy atom. The van der Waals surface area contributed by atoms with Crippen molar-refractivity contribution in [2.24, 2.45) is 5.92 Å². The van der Waals surface area contributed by atoms with Crippen molar-refractivity contribution in [2.75, 3.05) is 19.8 Å². The van der Waals surface area contributed by atoms with E-state index in [9.17, 15) is 0 Å². The molecule has 1 aromatic rings. The summed E-state index contributed by atoms with van der Waals surface area (Å²) in [5, 5.41) is 4.88. The highest BCUT2D eigenvalue weighted by Crippen LogP contribution is 2.23. The van der Waals surface area contributed by atoms with Gasteiger partial charge in [-0.05, 0) is 39.2 Å². The Bertz CT molecular complexity index is 352. The number of ether oxygens (including phenoxy) is 1. The molecule has 2 heterocycles. The lowest BCUT2D eigenvalue weighted by Crippen LogP contribution is -2.41. The van der Waals surface area contributed by atoms with Crippen molar-refractivity contribution in [3.05, 3.63) is 15.6 Å². The second kappa shape index (κ2) is 6.64. The van der Waals surface area contributed by atoms with E-state index in [0.717, 1.165) is 26.2 Å². The highest BCUT2D eigenvalue weighted by atomic mass is 32.1. The summed E-state index contributed by atoms with van der Waals surface area (Å²) in [5.74, 6) is 0.642. The molecule has 0 amide bonds. The van der Waals surface area contributed by atoms with E-state index in [1.807, 2.05) is 11.3 Å². The number of nitrogens with zero attached hydrogens (tertiary/aromatic N) is 1. The van der Waals surface area contributed by atoms with Gasteiger partial charge in [0, 0.05) is 23.9 Å². The first-order chi connectivity index (χ1) is 8.70. The molecule has 1 aromatic heterocycles. The molecule has 2 atom stereocenters. The van der Waals surface area contributed by atoms with Gasteiger partial charge in [0.25, 0.3) is 0 Å². The molecule has 0 aromatic carbocycles. The fraction of sp³-hybridized carbons (Fsp3) is 0.786. The maximum atomic E-state index is 5.62. The molecule has 1 saturated heterocycles. The van der Waals surface area contributed by atoms with Crippen LogP contribution in [0.25, 0.3) is 0 Å². The number of hydrogen-bond acceptors (Lipinski definition) is 4. The Morgan fingerprint density at radius 2 is 2.33 bits per heavy atom. The molecule has 2 unspecified atom stereocenters. The van der Waals surface area contributed by atoms with E-state index < -0.39 is 0 Å². The third kappa shape index (κ3) is 3.53. The number of aromatic nitrogens is 1. The molecule has 1 aliphatic rings. The van der Waals surface area contributed by atoms with Crippen LogP contribution in [0, 0.1) is 19.8 Å². The summed E-state index contributed by atoms with van der Waals surface area (Å²) in [7, 11) is 0. The van der Waals surface area contributed by atoms with Crippen molar-refractivity contribution in [3.8, 4) is 0 Å². The van der Waals surface area contributed by atoms with Gasteiger partial charge in [-0.1, -0.05) is 6.92 Å². The van der Waals surface area contributed by atoms with Gasteiger partial charge in [0.15, 0.2) is 0 Å². The van der Waals surface area contributed by atoms with Gasteiger partial charge in [0.05, 0.1) is 17.3 Å². The van der Waals surface area contributed by atoms with Crippen molar-refractivity contribution in [2.45, 2.75) is 46.1 Å². The fourth-order valence-corrected chi connectivity index (χ4v) is 3.56. The van der Waals surface area contributed by atoms with E-state index in [2.05, 4.69) is 31.1 Å². The van der Waals surface area contributed by atoms with E-state index in [4.69, 9.17) is 4.74 Å². The molecular formula is C14H24N2OS. The fourth-order valence-electron chi connectivity index (χ4n) is 2.57. The van der Waals surface area contributed by atoms with Crippen LogP contribution in [0.4, 0.5) is 0 Å². The number of hydrogen-bond donors (Lipinski definition) is 1. The lowest BCUT2D eigenvalue weighted by molar-refractivity contribution is 0.0396. The van der Waals surface area contributed by atoms with E-state index in [0.29, 0.717) is 12.0 Å². The van der Waals surface area contributed by atoms with E-state index in [1.54, 1.807) is 0 Å². The summed E-state index contributed by atoms with van der Waals surface area (Å²) in [6.45, 7) is 9.29. The van der Waals surface area contributed by atoms with Gasteiger partial charge >= 0.3 is 0 Å². The maximum Gasteiger partial charge on any atom is 0.0946 e. The summed E-state index contributed by atoms with van der Waals surface area (Å²) < 4.78 is 5.62. The minimum Gasteiger partial charge on any atom is -0.381 e. The molecule has 0 spiro atoms. The van der Waals surface area contributed by atoms with E-state index in [-0.39, 0.29) is 0 Å². The van der Waals surface area contributed by atoms with Gasteiger partial charge in [-0.25, -0.2) is 4.98 Å². The van der Waals surface area contributed by atoms with Gasteiger partial charge < -0.3 is 10.1 Å². The number of rotatable bonds is 5. The Hall–Kier alpha value is -0.450. The first-order valence-electron chi connectivity index (χ1n) is 6.94. The molecule has 102 valence electrons. The monoisotopic (exact) mass is 268 g/mol. The SMILES string of the molecule is CCNC(Cc1nc(C)c(C)s1)C1CCCOC1. The zero-order valence-corrected chi connectivity index (χ0v) is 12.5. The smallest absolute Gasteiger partial charge is 0.0946 e. The topological polar surface area (TPSA) is 34.2 Å². The number of nitrogens with one attached hydrogen (secondary N) is 1. The van der Waals surface area contributed by atoms with Crippen LogP contribution in [0.5, 0.6) is 0 Å². The molecule has 0 radical (unpaired) electrons. The number of thiazole rings is 1. The Kier molecular flexibility index (Phi) is 5.15. The van der Waals surface area contributed by atoms with Crippen LogP contribution in [0.15, 0.2) is 0 Å². The molecule has 1 fully saturated rings. The second-order valence-corrected chi connectivity index (χ2v) is 6.38. The van der Waals surface area contributed by atoms with Crippen molar-refractivity contribution >= 4 is 11.3 Å². The lowest BCUT2D eigenvalue weighted by Gasteiger charge is -2.30. The van der Waals surface area contributed by atoms with Crippen molar-refractivity contribution in [1.29, 1.82) is 0 Å². The number of aryl methyl sites for hydroxylation is 2. The standard InChI is InChI=1S/C14H24N2OS/c1-4-15-13(12-6-5-7-17-9-12)8-14-16-10(2)11(3)18-14/h12-13,15H,4-9H2,1-3H3. The van der Waals surface area contributed by atoms with Crippen molar-refractivity contribution < 1.29 is 4.74 Å². The predicted octanol–water partition coefficient (Wildman–Crippen LogP) is 2.71. The minimum atomic E-state index is 0.514. The first-order valence-corrected chi connectivity index (χ1v) is 7.76. The quantitative estimate of drug-likeness (QED) is 0.891. The maximum absolute atomic E-state index is 5.62. The van der Waals surface area contributed by atoms with E-state index >= 15 is 0 Å². The van der Waals surface area contributed by atoms with Gasteiger partial charge in [-0.2, -0.15) is 0 Å². The Morgan fingerprint density at radius 1 is 1.50 bits per heavy atom. The predicted molar refractivity (Wildman–Crippen MR) is 76.3 cm³/mol. The summed E-state index contributed by atoms with van der Waals surface area (Å²) in [6.07, 6.45) is 3.52. The zero-order valence-electron chi connectivity index (χ0n) is 11.7. The average Bonchev–Trinajstić information content (AvgIpc) is 2.69. The third-order valence-corrected chi connectivity index (χ3v) is 4.79. The highest BCUT2D eigenvalue weighted by Gasteiger charge is 2.24. The van der Waals surface area contributed by atoms with Crippen LogP contribution in [-0.2, 0) is 11.2 Å². The summed E-state index contributed by atoms with van der Waals surface area (Å²) >= 11 is 1.84. The van der Waals surface area contributed by atoms with Crippen molar-refractivity contribution in [3.63, 3.8) is 0 Å². The zero-order chi connectivity index (χ0) is 13.0. The van der Waals surface area contributed by atoms with Gasteiger partial charge in [0.1, 0.15) is 0 Å². The summed E-state index contributed by atoms with van der Waals surface area (Å²) in [4.78, 5) is 6.01. The van der Waals surface area contributed by atoms with Crippen LogP contribution in [0.3, 0.4) is 0 Å². The third-order valence-electron chi connectivity index (χ3n) is 3.70. The number of likely N-dealkylation sites (N-methyl/N-ethyl adjacent to an activating group) is 1. The van der Waals surface area contributed by atoms with E-state index in [1.165, 1.54) is 28.4 Å². The average molecular weight is 268 g/mol. The van der Waals surface area contributed by atoms with Crippen LogP contribution in [-0.4, -0.2) is 30.8 Å². The highest BCUT2D eigenvalue weighted by molar-refractivity contribution is 7.11. The lowest BCUT2D eigenvalue weighted by atomic mass is 9.91. The molecule has 3 nitrogen and oxygen atoms in total. The molecule has 0 bridgehead atoms. The molecule has 0 aliphatic carbocycles. The van der Waals surface area contributed by atoms with Crippen LogP contribution in [0.1, 0.15) is 35.3 Å².